The maximum absolute atomic E-state index is 6.99. The summed E-state index contributed by atoms with van der Waals surface area (Å²) in [6.45, 7) is 6.80. The van der Waals surface area contributed by atoms with Gasteiger partial charge in [-0.1, -0.05) is 178 Å². The number of benzene rings is 9. The second kappa shape index (κ2) is 13.8. The molecule has 0 aliphatic carbocycles. The number of anilines is 5. The van der Waals surface area contributed by atoms with Crippen molar-refractivity contribution in [3.63, 3.8) is 0 Å². The lowest BCUT2D eigenvalue weighted by Gasteiger charge is -2.49. The summed E-state index contributed by atoms with van der Waals surface area (Å²) in [5, 5.41) is 8.68. The molecule has 0 atom stereocenters. The number of hydrogen-bond donors (Lipinski definition) is 1. The van der Waals surface area contributed by atoms with Gasteiger partial charge in [0.2, 0.25) is 0 Å². The summed E-state index contributed by atoms with van der Waals surface area (Å²) in [4.78, 5) is 2.58. The van der Waals surface area contributed by atoms with Crippen LogP contribution in [0.15, 0.2) is 199 Å². The molecule has 303 valence electrons. The van der Waals surface area contributed by atoms with E-state index in [0.717, 1.165) is 50.3 Å². The van der Waals surface area contributed by atoms with Crippen LogP contribution in [-0.2, 0) is 10.8 Å². The molecule has 0 spiro atoms. The minimum atomic E-state index is -0.580. The van der Waals surface area contributed by atoms with Crippen molar-refractivity contribution in [1.29, 1.82) is 0 Å². The normalized spacial score (nSPS) is 13.8. The third-order valence-electron chi connectivity index (χ3n) is 13.7. The first kappa shape index (κ1) is 37.2. The van der Waals surface area contributed by atoms with E-state index in [1.165, 1.54) is 70.2 Å². The maximum atomic E-state index is 6.99. The maximum Gasteiger partial charge on any atom is 0.197 e. The summed E-state index contributed by atoms with van der Waals surface area (Å²) in [6, 6.07) is 71.4. The predicted molar refractivity (Wildman–Crippen MR) is 272 cm³/mol. The lowest BCUT2D eigenvalue weighted by molar-refractivity contribution is 0.590. The third kappa shape index (κ3) is 5.28. The van der Waals surface area contributed by atoms with Gasteiger partial charge in [0.1, 0.15) is 11.2 Å². The zero-order chi connectivity index (χ0) is 42.7. The molecule has 9 aromatic carbocycles. The van der Waals surface area contributed by atoms with Crippen LogP contribution in [0, 0.1) is 0 Å². The Bertz CT molecular complexity index is 3620. The zero-order valence-corrected chi connectivity index (χ0v) is 36.6. The highest BCUT2D eigenvalue weighted by atomic mass is 32.1. The molecule has 11 aromatic rings. The summed E-state index contributed by atoms with van der Waals surface area (Å²) < 4.78 is 9.51. The number of thiophene rings is 1. The zero-order valence-electron chi connectivity index (χ0n) is 35.8. The molecule has 2 aromatic heterocycles. The molecular formula is C59H42BN2OS. The molecule has 2 aliphatic rings. The molecule has 3 nitrogen and oxygen atoms in total. The van der Waals surface area contributed by atoms with Gasteiger partial charge in [0.05, 0.1) is 22.2 Å². The molecule has 5 heteroatoms. The van der Waals surface area contributed by atoms with Gasteiger partial charge >= 0.3 is 0 Å². The van der Waals surface area contributed by atoms with Crippen molar-refractivity contribution in [2.75, 3.05) is 10.2 Å². The Balaban J connectivity index is 1.15. The highest BCUT2D eigenvalue weighted by Crippen LogP contribution is 2.59. The van der Waals surface area contributed by atoms with Crippen molar-refractivity contribution in [1.82, 2.24) is 0 Å². The Hall–Kier alpha value is -7.34. The van der Waals surface area contributed by atoms with Crippen molar-refractivity contribution >= 4 is 100 Å². The summed E-state index contributed by atoms with van der Waals surface area (Å²) in [5.74, 6) is 0. The first-order chi connectivity index (χ1) is 31.4. The Morgan fingerprint density at radius 3 is 2.02 bits per heavy atom. The van der Waals surface area contributed by atoms with E-state index >= 15 is 0 Å². The van der Waals surface area contributed by atoms with E-state index in [-0.39, 0.29) is 5.41 Å². The van der Waals surface area contributed by atoms with Crippen LogP contribution in [0.1, 0.15) is 48.6 Å². The first-order valence-electron chi connectivity index (χ1n) is 22.2. The smallest absolute Gasteiger partial charge is 0.197 e. The van der Waals surface area contributed by atoms with Crippen molar-refractivity contribution in [2.24, 2.45) is 0 Å². The number of para-hydroxylation sites is 3. The van der Waals surface area contributed by atoms with Gasteiger partial charge in [-0.15, -0.1) is 11.3 Å². The van der Waals surface area contributed by atoms with Crippen LogP contribution in [0.2, 0.25) is 0 Å². The first-order valence-corrected chi connectivity index (χ1v) is 23.0. The highest BCUT2D eigenvalue weighted by molar-refractivity contribution is 7.26. The van der Waals surface area contributed by atoms with E-state index in [1.54, 1.807) is 0 Å². The van der Waals surface area contributed by atoms with Gasteiger partial charge < -0.3 is 14.6 Å². The lowest BCUT2D eigenvalue weighted by Crippen LogP contribution is -2.47. The summed E-state index contributed by atoms with van der Waals surface area (Å²) in [5.41, 5.74) is 17.7. The third-order valence-corrected chi connectivity index (χ3v) is 14.9. The van der Waals surface area contributed by atoms with Crippen LogP contribution in [0.5, 0.6) is 0 Å². The monoisotopic (exact) mass is 837 g/mol. The molecule has 4 heterocycles. The Morgan fingerprint density at radius 1 is 0.578 bits per heavy atom. The number of hydrogen-bond acceptors (Lipinski definition) is 4. The molecule has 0 saturated carbocycles. The minimum Gasteiger partial charge on any atom is -0.456 e. The molecule has 0 fully saturated rings. The molecule has 13 rings (SSSR count). The van der Waals surface area contributed by atoms with Crippen molar-refractivity contribution < 1.29 is 4.42 Å². The Morgan fingerprint density at radius 2 is 1.25 bits per heavy atom. The van der Waals surface area contributed by atoms with Gasteiger partial charge in [-0.2, -0.15) is 0 Å². The van der Waals surface area contributed by atoms with Crippen molar-refractivity contribution in [2.45, 2.75) is 31.6 Å². The van der Waals surface area contributed by atoms with E-state index < -0.39 is 5.41 Å². The molecular weight excluding hydrogens is 796 g/mol. The van der Waals surface area contributed by atoms with Crippen LogP contribution in [0.25, 0.3) is 53.2 Å². The molecule has 64 heavy (non-hydrogen) atoms. The van der Waals surface area contributed by atoms with Gasteiger partial charge in [-0.05, 0) is 86.7 Å². The fourth-order valence-electron chi connectivity index (χ4n) is 10.9. The summed E-state index contributed by atoms with van der Waals surface area (Å²) in [6.07, 6.45) is 0. The number of furan rings is 1. The second-order valence-corrected chi connectivity index (χ2v) is 19.3. The largest absolute Gasteiger partial charge is 0.456 e. The van der Waals surface area contributed by atoms with Gasteiger partial charge in [-0.25, -0.2) is 0 Å². The van der Waals surface area contributed by atoms with Crippen LogP contribution in [0.4, 0.5) is 28.4 Å². The van der Waals surface area contributed by atoms with Crippen LogP contribution in [-0.4, -0.2) is 7.28 Å². The number of fused-ring (bicyclic) bond motifs is 11. The highest BCUT2D eigenvalue weighted by Gasteiger charge is 2.49. The molecule has 0 saturated heterocycles. The molecule has 1 N–H and O–H groups in total. The minimum absolute atomic E-state index is 0.0572. The van der Waals surface area contributed by atoms with Gasteiger partial charge in [0.25, 0.3) is 0 Å². The van der Waals surface area contributed by atoms with Crippen LogP contribution >= 0.6 is 11.3 Å². The van der Waals surface area contributed by atoms with Crippen LogP contribution < -0.4 is 21.1 Å². The standard InChI is InChI=1S/C59H42BN2OS/c1-58(2,3)36-29-31-39(32-30-36)61-47-34-33-41-40-21-11-15-28-51(40)64-57(41)52(47)43-35-50-53(42-22-10-14-27-49(42)63-50)56-54(43)60-46-25-16-24-45-55(46)62(56)48-26-13-12-23-44(48)59(45,37-17-6-4-7-18-37)38-19-8-5-9-20-38/h4-35,61H,1-3H3. The molecule has 0 unspecified atom stereocenters. The predicted octanol–water partition coefficient (Wildman–Crippen LogP) is 14.8. The Labute approximate surface area is 377 Å². The second-order valence-electron chi connectivity index (χ2n) is 18.3. The SMILES string of the molecule is CC(C)(C)c1ccc(Nc2ccc3c(sc4ccccc43)c2-c2cc3oc4ccccc4c3c3c2[B]c2cccc4c2N3c2ccccc2C4(c2ccccc2)c2ccccc2)cc1. The fourth-order valence-corrected chi connectivity index (χ4v) is 12.1. The van der Waals surface area contributed by atoms with Crippen molar-refractivity contribution in [3.8, 4) is 11.1 Å². The van der Waals surface area contributed by atoms with E-state index in [9.17, 15) is 0 Å². The number of rotatable bonds is 5. The van der Waals surface area contributed by atoms with Gasteiger partial charge in [0.15, 0.2) is 7.28 Å². The Kier molecular flexibility index (Phi) is 8.05. The average Bonchev–Trinajstić information content (AvgIpc) is 3.90. The quantitative estimate of drug-likeness (QED) is 0.175. The topological polar surface area (TPSA) is 28.4 Å². The lowest BCUT2D eigenvalue weighted by atomic mass is 9.54. The number of nitrogens with zero attached hydrogens (tertiary/aromatic N) is 1. The number of nitrogens with one attached hydrogen (secondary N) is 1. The summed E-state index contributed by atoms with van der Waals surface area (Å²) >= 11 is 1.87. The summed E-state index contributed by atoms with van der Waals surface area (Å²) in [7, 11) is 2.46. The molecule has 0 amide bonds. The van der Waals surface area contributed by atoms with Gasteiger partial charge in [-0.3, -0.25) is 0 Å². The molecule has 2 aliphatic heterocycles. The molecule has 0 bridgehead atoms. The van der Waals surface area contributed by atoms with Crippen LogP contribution in [0.3, 0.4) is 0 Å². The van der Waals surface area contributed by atoms with Crippen molar-refractivity contribution in [3.05, 3.63) is 222 Å². The molecule has 1 radical (unpaired) electrons. The average molecular weight is 838 g/mol. The van der Waals surface area contributed by atoms with E-state index in [0.29, 0.717) is 0 Å². The van der Waals surface area contributed by atoms with E-state index in [1.807, 2.05) is 11.3 Å². The fraction of sp³-hybridized carbons (Fsp3) is 0.0847. The van der Waals surface area contributed by atoms with E-state index in [2.05, 4.69) is 232 Å². The van der Waals surface area contributed by atoms with E-state index in [4.69, 9.17) is 4.42 Å². The van der Waals surface area contributed by atoms with Gasteiger partial charge in [0, 0.05) is 48.2 Å².